The van der Waals surface area contributed by atoms with Gasteiger partial charge in [-0.15, -0.1) is 0 Å². The fourth-order valence-electron chi connectivity index (χ4n) is 2.43. The lowest BCUT2D eigenvalue weighted by molar-refractivity contribution is -0.158. The summed E-state index contributed by atoms with van der Waals surface area (Å²) in [6, 6.07) is -0.850. The first-order valence-electron chi connectivity index (χ1n) is 8.92. The summed E-state index contributed by atoms with van der Waals surface area (Å²) >= 11 is 0. The van der Waals surface area contributed by atoms with Gasteiger partial charge < -0.3 is 19.9 Å². The number of hydrogen-bond donors (Lipinski definition) is 1. The van der Waals surface area contributed by atoms with E-state index in [2.05, 4.69) is 0 Å². The Hall–Kier alpha value is -1.47. The van der Waals surface area contributed by atoms with Gasteiger partial charge in [0.25, 0.3) is 0 Å². The minimum atomic E-state index is -0.850. The summed E-state index contributed by atoms with van der Waals surface area (Å²) in [4.78, 5) is 36.2. The van der Waals surface area contributed by atoms with Gasteiger partial charge in [0.2, 0.25) is 0 Å². The van der Waals surface area contributed by atoms with Gasteiger partial charge in [0.05, 0.1) is 30.8 Å². The Morgan fingerprint density at radius 3 is 1.96 bits per heavy atom. The Labute approximate surface area is 156 Å². The van der Waals surface area contributed by atoms with Gasteiger partial charge in [-0.3, -0.25) is 14.4 Å². The van der Waals surface area contributed by atoms with E-state index in [4.69, 9.17) is 19.9 Å². The van der Waals surface area contributed by atoms with Crippen LogP contribution < -0.4 is 5.73 Å². The second-order valence-corrected chi connectivity index (χ2v) is 8.47. The molecule has 7 heteroatoms. The Morgan fingerprint density at radius 1 is 1.00 bits per heavy atom. The number of methoxy groups -OCH3 is 1. The van der Waals surface area contributed by atoms with Crippen LogP contribution in [0.5, 0.6) is 0 Å². The van der Waals surface area contributed by atoms with Gasteiger partial charge in [-0.05, 0) is 54.9 Å². The predicted octanol–water partition coefficient (Wildman–Crippen LogP) is 2.39. The Morgan fingerprint density at radius 2 is 1.54 bits per heavy atom. The third-order valence-corrected chi connectivity index (χ3v) is 3.52. The number of rotatable bonds is 9. The predicted molar refractivity (Wildman–Crippen MR) is 98.5 cm³/mol. The number of hydrogen-bond acceptors (Lipinski definition) is 7. The van der Waals surface area contributed by atoms with Crippen molar-refractivity contribution < 1.29 is 28.6 Å². The first kappa shape index (κ1) is 24.5. The maximum absolute atomic E-state index is 12.4. The number of carbonyl (C=O) groups is 3. The largest absolute Gasteiger partial charge is 0.469 e. The van der Waals surface area contributed by atoms with Crippen LogP contribution in [0.15, 0.2) is 0 Å². The third-order valence-electron chi connectivity index (χ3n) is 3.52. The molecule has 0 aromatic rings. The third kappa shape index (κ3) is 10.5. The molecule has 0 bridgehead atoms. The molecule has 152 valence electrons. The molecule has 0 radical (unpaired) electrons. The molecule has 0 rings (SSSR count). The average Bonchev–Trinajstić information content (AvgIpc) is 2.45. The van der Waals surface area contributed by atoms with Crippen molar-refractivity contribution in [2.75, 3.05) is 7.11 Å². The molecule has 0 aliphatic carbocycles. The molecular formula is C19H35NO6. The molecule has 0 aliphatic heterocycles. The van der Waals surface area contributed by atoms with Gasteiger partial charge in [-0.1, -0.05) is 0 Å². The standard InChI is InChI=1S/C19H35NO6/c1-12(25-18(2,3)4)13(17(23)24-8)11-15(21)14(20)9-10-16(22)26-19(5,6)7/h12-14H,9-11,20H2,1-8H3/t12?,13-,14-/m0/s1. The van der Waals surface area contributed by atoms with Crippen molar-refractivity contribution in [1.82, 2.24) is 0 Å². The molecule has 0 aromatic carbocycles. The first-order valence-corrected chi connectivity index (χ1v) is 8.92. The smallest absolute Gasteiger partial charge is 0.311 e. The number of ether oxygens (including phenoxy) is 3. The van der Waals surface area contributed by atoms with Crippen LogP contribution in [0.25, 0.3) is 0 Å². The summed E-state index contributed by atoms with van der Waals surface area (Å²) in [5, 5.41) is 0. The molecule has 0 saturated heterocycles. The molecule has 0 heterocycles. The van der Waals surface area contributed by atoms with E-state index in [1.165, 1.54) is 7.11 Å². The number of ketones is 1. The van der Waals surface area contributed by atoms with E-state index in [1.54, 1.807) is 27.7 Å². The van der Waals surface area contributed by atoms with Crippen LogP contribution in [-0.4, -0.2) is 48.2 Å². The quantitative estimate of drug-likeness (QED) is 0.619. The SMILES string of the molecule is COC(=O)[C@@H](CC(=O)[C@@H](N)CCC(=O)OC(C)(C)C)C(C)OC(C)(C)C. The van der Waals surface area contributed by atoms with Crippen molar-refractivity contribution in [2.45, 2.75) is 91.1 Å². The first-order chi connectivity index (χ1) is 11.7. The van der Waals surface area contributed by atoms with E-state index in [9.17, 15) is 14.4 Å². The maximum Gasteiger partial charge on any atom is 0.311 e. The molecule has 0 aliphatic rings. The van der Waals surface area contributed by atoms with Crippen molar-refractivity contribution in [1.29, 1.82) is 0 Å². The van der Waals surface area contributed by atoms with E-state index >= 15 is 0 Å². The molecule has 7 nitrogen and oxygen atoms in total. The van der Waals surface area contributed by atoms with Gasteiger partial charge in [0.1, 0.15) is 5.60 Å². The molecule has 0 spiro atoms. The van der Waals surface area contributed by atoms with Crippen LogP contribution >= 0.6 is 0 Å². The Balaban J connectivity index is 4.78. The summed E-state index contributed by atoms with van der Waals surface area (Å²) < 4.78 is 15.8. The molecule has 2 N–H and O–H groups in total. The van der Waals surface area contributed by atoms with Crippen molar-refractivity contribution >= 4 is 17.7 Å². The summed E-state index contributed by atoms with van der Waals surface area (Å²) in [5.74, 6) is -1.99. The Bertz CT molecular complexity index is 489. The highest BCUT2D eigenvalue weighted by atomic mass is 16.6. The summed E-state index contributed by atoms with van der Waals surface area (Å²) in [7, 11) is 1.27. The summed E-state index contributed by atoms with van der Waals surface area (Å²) in [6.45, 7) is 12.6. The molecule has 1 unspecified atom stereocenters. The second-order valence-electron chi connectivity index (χ2n) is 8.47. The minimum absolute atomic E-state index is 0.0428. The lowest BCUT2D eigenvalue weighted by atomic mass is 9.92. The number of Topliss-reactive ketones (excluding diaryl/α,β-unsaturated/α-hetero) is 1. The molecular weight excluding hydrogens is 338 g/mol. The zero-order chi connectivity index (χ0) is 20.7. The number of esters is 2. The fraction of sp³-hybridized carbons (Fsp3) is 0.842. The number of carbonyl (C=O) groups excluding carboxylic acids is 3. The van der Waals surface area contributed by atoms with Gasteiger partial charge >= 0.3 is 11.9 Å². The highest BCUT2D eigenvalue weighted by Crippen LogP contribution is 2.22. The zero-order valence-corrected chi connectivity index (χ0v) is 17.4. The number of nitrogens with two attached hydrogens (primary N) is 1. The topological polar surface area (TPSA) is 105 Å². The lowest BCUT2D eigenvalue weighted by Gasteiger charge is -2.29. The monoisotopic (exact) mass is 373 g/mol. The molecule has 0 saturated carbocycles. The minimum Gasteiger partial charge on any atom is -0.469 e. The zero-order valence-electron chi connectivity index (χ0n) is 17.4. The molecule has 3 atom stereocenters. The summed E-state index contributed by atoms with van der Waals surface area (Å²) in [5.41, 5.74) is 4.85. The van der Waals surface area contributed by atoms with Crippen molar-refractivity contribution in [3.8, 4) is 0 Å². The van der Waals surface area contributed by atoms with Crippen LogP contribution in [0, 0.1) is 5.92 Å². The molecule has 26 heavy (non-hydrogen) atoms. The fourth-order valence-corrected chi connectivity index (χ4v) is 2.43. The van der Waals surface area contributed by atoms with E-state index in [1.807, 2.05) is 20.8 Å². The van der Waals surface area contributed by atoms with Gasteiger partial charge in [0.15, 0.2) is 5.78 Å². The van der Waals surface area contributed by atoms with E-state index in [0.717, 1.165) is 0 Å². The highest BCUT2D eigenvalue weighted by Gasteiger charge is 2.33. The Kier molecular flexibility index (Phi) is 9.45. The van der Waals surface area contributed by atoms with Crippen molar-refractivity contribution in [3.05, 3.63) is 0 Å². The van der Waals surface area contributed by atoms with Crippen LogP contribution in [0.2, 0.25) is 0 Å². The van der Waals surface area contributed by atoms with Gasteiger partial charge in [-0.25, -0.2) is 0 Å². The van der Waals surface area contributed by atoms with E-state index < -0.39 is 41.2 Å². The molecule has 0 fully saturated rings. The van der Waals surface area contributed by atoms with E-state index in [0.29, 0.717) is 0 Å². The second kappa shape index (κ2) is 10.0. The van der Waals surface area contributed by atoms with E-state index in [-0.39, 0.29) is 25.0 Å². The van der Waals surface area contributed by atoms with Crippen LogP contribution in [-0.2, 0) is 28.6 Å². The summed E-state index contributed by atoms with van der Waals surface area (Å²) in [6.07, 6.45) is -0.402. The van der Waals surface area contributed by atoms with Crippen molar-refractivity contribution in [3.63, 3.8) is 0 Å². The highest BCUT2D eigenvalue weighted by molar-refractivity contribution is 5.88. The van der Waals surface area contributed by atoms with Crippen LogP contribution in [0.1, 0.15) is 67.7 Å². The lowest BCUT2D eigenvalue weighted by Crippen LogP contribution is -2.40. The van der Waals surface area contributed by atoms with Crippen molar-refractivity contribution in [2.24, 2.45) is 11.7 Å². The van der Waals surface area contributed by atoms with Crippen LogP contribution in [0.3, 0.4) is 0 Å². The van der Waals surface area contributed by atoms with Gasteiger partial charge in [0, 0.05) is 12.8 Å². The normalized spacial score (nSPS) is 15.7. The molecule has 0 aromatic heterocycles. The average molecular weight is 373 g/mol. The molecule has 0 amide bonds. The van der Waals surface area contributed by atoms with Crippen LogP contribution in [0.4, 0.5) is 0 Å². The maximum atomic E-state index is 12.4. The van der Waals surface area contributed by atoms with Gasteiger partial charge in [-0.2, -0.15) is 0 Å².